The molecule has 1 saturated heterocycles. The summed E-state index contributed by atoms with van der Waals surface area (Å²) in [6, 6.07) is 20.8. The average molecular weight is 437 g/mol. The Labute approximate surface area is 194 Å². The number of hydrogen-bond donors (Lipinski definition) is 0. The highest BCUT2D eigenvalue weighted by Gasteiger charge is 2.53. The lowest BCUT2D eigenvalue weighted by Gasteiger charge is -2.60. The topological polar surface area (TPSA) is 32.8 Å². The number of benzene rings is 2. The van der Waals surface area contributed by atoms with Crippen LogP contribution in [-0.4, -0.2) is 40.1 Å². The number of amides is 1. The molecule has 0 bridgehead atoms. The lowest BCUT2D eigenvalue weighted by Crippen LogP contribution is -2.67. The molecule has 0 aromatic heterocycles. The van der Waals surface area contributed by atoms with E-state index in [9.17, 15) is 4.79 Å². The number of likely N-dealkylation sites (tertiary alicyclic amines) is 1. The summed E-state index contributed by atoms with van der Waals surface area (Å²) in [6.45, 7) is 12.9. The van der Waals surface area contributed by atoms with Crippen LogP contribution in [0.2, 0.25) is 0 Å². The summed E-state index contributed by atoms with van der Waals surface area (Å²) in [7, 11) is 1.82. The Bertz CT molecular complexity index is 872. The Balaban J connectivity index is 1.79. The second kappa shape index (κ2) is 10.1. The van der Waals surface area contributed by atoms with E-state index >= 15 is 0 Å². The molecule has 4 unspecified atom stereocenters. The second-order valence-corrected chi connectivity index (χ2v) is 9.89. The third kappa shape index (κ3) is 5.01. The molecule has 2 aromatic rings. The van der Waals surface area contributed by atoms with Gasteiger partial charge < -0.3 is 9.64 Å². The molecule has 4 heteroatoms. The normalized spacial score (nSPS) is 28.3. The van der Waals surface area contributed by atoms with Crippen LogP contribution in [0.5, 0.6) is 0 Å². The van der Waals surface area contributed by atoms with Crippen molar-refractivity contribution in [3.05, 3.63) is 71.8 Å². The first-order chi connectivity index (χ1) is 15.2. The minimum absolute atomic E-state index is 0.0456. The fourth-order valence-electron chi connectivity index (χ4n) is 5.25. The van der Waals surface area contributed by atoms with Crippen molar-refractivity contribution >= 4 is 6.09 Å². The first kappa shape index (κ1) is 24.3. The molecular weight excluding hydrogens is 396 g/mol. The molecule has 1 aliphatic heterocycles. The third-order valence-electron chi connectivity index (χ3n) is 7.94. The van der Waals surface area contributed by atoms with Gasteiger partial charge in [0.15, 0.2) is 0 Å². The van der Waals surface area contributed by atoms with E-state index in [0.717, 1.165) is 31.4 Å². The van der Waals surface area contributed by atoms with Gasteiger partial charge in [0.2, 0.25) is 0 Å². The molecule has 2 aromatic carbocycles. The van der Waals surface area contributed by atoms with E-state index < -0.39 is 0 Å². The molecule has 0 N–H and O–H groups in total. The Kier molecular flexibility index (Phi) is 7.66. The van der Waals surface area contributed by atoms with Crippen molar-refractivity contribution in [3.8, 4) is 0 Å². The maximum Gasteiger partial charge on any atom is 0.410 e. The van der Waals surface area contributed by atoms with Crippen LogP contribution in [0.25, 0.3) is 0 Å². The lowest BCUT2D eigenvalue weighted by atomic mass is 9.67. The van der Waals surface area contributed by atoms with Gasteiger partial charge >= 0.3 is 6.09 Å². The summed E-state index contributed by atoms with van der Waals surface area (Å²) >= 11 is 0. The number of ether oxygens (including phenoxy) is 1. The Morgan fingerprint density at radius 3 is 2.09 bits per heavy atom. The van der Waals surface area contributed by atoms with Gasteiger partial charge in [0.1, 0.15) is 6.10 Å². The van der Waals surface area contributed by atoms with Crippen molar-refractivity contribution in [3.63, 3.8) is 0 Å². The molecule has 1 amide bonds. The number of hydrogen-bond acceptors (Lipinski definition) is 3. The van der Waals surface area contributed by atoms with Crippen molar-refractivity contribution in [2.45, 2.75) is 84.2 Å². The van der Waals surface area contributed by atoms with Gasteiger partial charge in [-0.2, -0.15) is 0 Å². The molecular formula is C28H40N2O2. The third-order valence-corrected chi connectivity index (χ3v) is 7.94. The molecule has 4 atom stereocenters. The van der Waals surface area contributed by atoms with E-state index in [0.29, 0.717) is 6.54 Å². The molecule has 1 aliphatic rings. The maximum atomic E-state index is 13.0. The summed E-state index contributed by atoms with van der Waals surface area (Å²) in [4.78, 5) is 17.4. The van der Waals surface area contributed by atoms with Gasteiger partial charge in [-0.25, -0.2) is 4.79 Å². The van der Waals surface area contributed by atoms with Crippen molar-refractivity contribution in [1.29, 1.82) is 0 Å². The van der Waals surface area contributed by atoms with Gasteiger partial charge in [-0.15, -0.1) is 0 Å². The molecule has 0 radical (unpaired) electrons. The summed E-state index contributed by atoms with van der Waals surface area (Å²) in [5, 5.41) is 0. The van der Waals surface area contributed by atoms with Gasteiger partial charge in [-0.05, 0) is 37.8 Å². The van der Waals surface area contributed by atoms with Crippen LogP contribution in [0.4, 0.5) is 4.79 Å². The zero-order valence-electron chi connectivity index (χ0n) is 20.7. The van der Waals surface area contributed by atoms with Crippen molar-refractivity contribution in [2.24, 2.45) is 5.92 Å². The van der Waals surface area contributed by atoms with E-state index in [1.165, 1.54) is 5.56 Å². The van der Waals surface area contributed by atoms with Crippen LogP contribution in [0, 0.1) is 5.92 Å². The standard InChI is InChI=1S/C28H40N2O2/c1-7-27(4)19-25(32-26(31)29(6)20-23-15-11-9-12-16-23)22(3)28(5,8-2)30(27)21-24-17-13-10-14-18-24/h9-18,22,25H,7-8,19-21H2,1-6H3. The first-order valence-corrected chi connectivity index (χ1v) is 12.0. The molecule has 3 rings (SSSR count). The van der Waals surface area contributed by atoms with Crippen LogP contribution in [0.15, 0.2) is 60.7 Å². The van der Waals surface area contributed by atoms with Crippen LogP contribution >= 0.6 is 0 Å². The lowest BCUT2D eigenvalue weighted by molar-refractivity contribution is -0.144. The average Bonchev–Trinajstić information content (AvgIpc) is 2.81. The minimum atomic E-state index is -0.237. The predicted molar refractivity (Wildman–Crippen MR) is 131 cm³/mol. The van der Waals surface area contributed by atoms with Gasteiger partial charge in [0, 0.05) is 43.6 Å². The minimum Gasteiger partial charge on any atom is -0.446 e. The van der Waals surface area contributed by atoms with Gasteiger partial charge in [0.25, 0.3) is 0 Å². The number of piperidine rings is 1. The largest absolute Gasteiger partial charge is 0.446 e. The molecule has 174 valence electrons. The van der Waals surface area contributed by atoms with Gasteiger partial charge in [-0.3, -0.25) is 4.90 Å². The summed E-state index contributed by atoms with van der Waals surface area (Å²) < 4.78 is 6.19. The zero-order chi connectivity index (χ0) is 23.4. The molecule has 0 spiro atoms. The first-order valence-electron chi connectivity index (χ1n) is 12.0. The highest BCUT2D eigenvalue weighted by atomic mass is 16.6. The van der Waals surface area contributed by atoms with Crippen LogP contribution < -0.4 is 0 Å². The highest BCUT2D eigenvalue weighted by Crippen LogP contribution is 2.47. The van der Waals surface area contributed by atoms with Gasteiger partial charge in [-0.1, -0.05) is 81.4 Å². The maximum absolute atomic E-state index is 13.0. The Morgan fingerprint density at radius 1 is 1.00 bits per heavy atom. The fraction of sp³-hybridized carbons (Fsp3) is 0.536. The number of carbonyl (C=O) groups excluding carboxylic acids is 1. The van der Waals surface area contributed by atoms with E-state index in [1.807, 2.05) is 37.4 Å². The molecule has 0 saturated carbocycles. The monoisotopic (exact) mass is 436 g/mol. The summed E-state index contributed by atoms with van der Waals surface area (Å²) in [5.74, 6) is 0.227. The van der Waals surface area contributed by atoms with E-state index in [4.69, 9.17) is 4.74 Å². The van der Waals surface area contributed by atoms with Crippen LogP contribution in [0.1, 0.15) is 65.0 Å². The predicted octanol–water partition coefficient (Wildman–Crippen LogP) is 6.50. The molecule has 0 aliphatic carbocycles. The van der Waals surface area contributed by atoms with Crippen LogP contribution in [0.3, 0.4) is 0 Å². The Hall–Kier alpha value is -2.33. The number of rotatable bonds is 7. The molecule has 1 heterocycles. The Morgan fingerprint density at radius 2 is 1.56 bits per heavy atom. The van der Waals surface area contributed by atoms with Gasteiger partial charge in [0.05, 0.1) is 0 Å². The second-order valence-electron chi connectivity index (χ2n) is 9.89. The molecule has 32 heavy (non-hydrogen) atoms. The van der Waals surface area contributed by atoms with E-state index in [2.05, 4.69) is 69.9 Å². The highest BCUT2D eigenvalue weighted by molar-refractivity contribution is 5.67. The fourth-order valence-corrected chi connectivity index (χ4v) is 5.25. The molecule has 1 fully saturated rings. The van der Waals surface area contributed by atoms with Crippen molar-refractivity contribution in [2.75, 3.05) is 7.05 Å². The summed E-state index contributed by atoms with van der Waals surface area (Å²) in [5.41, 5.74) is 2.32. The van der Waals surface area contributed by atoms with Crippen molar-refractivity contribution in [1.82, 2.24) is 9.80 Å². The smallest absolute Gasteiger partial charge is 0.410 e. The number of carbonyl (C=O) groups is 1. The van der Waals surface area contributed by atoms with E-state index in [1.54, 1.807) is 4.90 Å². The van der Waals surface area contributed by atoms with E-state index in [-0.39, 0.29) is 29.2 Å². The quantitative estimate of drug-likeness (QED) is 0.496. The summed E-state index contributed by atoms with van der Waals surface area (Å²) in [6.07, 6.45) is 2.51. The molecule has 4 nitrogen and oxygen atoms in total. The number of nitrogens with zero attached hydrogens (tertiary/aromatic N) is 2. The zero-order valence-corrected chi connectivity index (χ0v) is 20.7. The SMILES string of the molecule is CCC1(C)CC(OC(=O)N(C)Cc2ccccc2)C(C)C(C)(CC)N1Cc1ccccc1. The van der Waals surface area contributed by atoms with Crippen LogP contribution in [-0.2, 0) is 17.8 Å². The van der Waals surface area contributed by atoms with Crippen molar-refractivity contribution < 1.29 is 9.53 Å².